The SMILES string of the molecule is Cc1ccc(NC(=O)c2cccc(C(=O)Nc3cc(C)cc(C)c3)n2)cc1. The van der Waals surface area contributed by atoms with Crippen LogP contribution in [0.25, 0.3) is 0 Å². The molecule has 5 nitrogen and oxygen atoms in total. The lowest BCUT2D eigenvalue weighted by molar-refractivity contribution is 0.101. The van der Waals surface area contributed by atoms with Crippen LogP contribution in [0.2, 0.25) is 0 Å². The normalized spacial score (nSPS) is 10.3. The number of nitrogens with zero attached hydrogens (tertiary/aromatic N) is 1. The van der Waals surface area contributed by atoms with E-state index in [4.69, 9.17) is 0 Å². The van der Waals surface area contributed by atoms with Gasteiger partial charge in [0.2, 0.25) is 0 Å². The summed E-state index contributed by atoms with van der Waals surface area (Å²) < 4.78 is 0. The third-order valence-electron chi connectivity index (χ3n) is 4.00. The highest BCUT2D eigenvalue weighted by atomic mass is 16.2. The summed E-state index contributed by atoms with van der Waals surface area (Å²) in [6.45, 7) is 5.92. The Kier molecular flexibility index (Phi) is 5.31. The predicted molar refractivity (Wildman–Crippen MR) is 107 cm³/mol. The molecule has 2 aromatic carbocycles. The number of anilines is 2. The molecule has 0 fully saturated rings. The zero-order valence-electron chi connectivity index (χ0n) is 15.5. The molecule has 5 heteroatoms. The number of carbonyl (C=O) groups is 2. The van der Waals surface area contributed by atoms with Crippen molar-refractivity contribution in [2.24, 2.45) is 0 Å². The van der Waals surface area contributed by atoms with Crippen molar-refractivity contribution >= 4 is 23.2 Å². The molecule has 3 rings (SSSR count). The molecule has 3 aromatic rings. The number of hydrogen-bond donors (Lipinski definition) is 2. The maximum Gasteiger partial charge on any atom is 0.274 e. The molecular formula is C22H21N3O2. The van der Waals surface area contributed by atoms with Gasteiger partial charge in [0.25, 0.3) is 11.8 Å². The molecule has 0 saturated heterocycles. The van der Waals surface area contributed by atoms with Crippen molar-refractivity contribution in [2.75, 3.05) is 10.6 Å². The Balaban J connectivity index is 1.75. The largest absolute Gasteiger partial charge is 0.321 e. The zero-order chi connectivity index (χ0) is 19.4. The van der Waals surface area contributed by atoms with E-state index in [1.54, 1.807) is 18.2 Å². The number of carbonyl (C=O) groups excluding carboxylic acids is 2. The first kappa shape index (κ1) is 18.3. The fourth-order valence-electron chi connectivity index (χ4n) is 2.76. The van der Waals surface area contributed by atoms with Gasteiger partial charge in [-0.25, -0.2) is 4.98 Å². The van der Waals surface area contributed by atoms with E-state index in [0.29, 0.717) is 11.4 Å². The minimum atomic E-state index is -0.361. The molecule has 0 bridgehead atoms. The lowest BCUT2D eigenvalue weighted by Crippen LogP contribution is -2.18. The number of aromatic nitrogens is 1. The van der Waals surface area contributed by atoms with Gasteiger partial charge in [0.1, 0.15) is 11.4 Å². The topological polar surface area (TPSA) is 71.1 Å². The number of hydrogen-bond acceptors (Lipinski definition) is 3. The number of aryl methyl sites for hydroxylation is 3. The molecule has 0 radical (unpaired) electrons. The molecule has 2 amide bonds. The average Bonchev–Trinajstić information content (AvgIpc) is 2.63. The minimum absolute atomic E-state index is 0.184. The lowest BCUT2D eigenvalue weighted by atomic mass is 10.1. The summed E-state index contributed by atoms with van der Waals surface area (Å²) in [5, 5.41) is 5.61. The van der Waals surface area contributed by atoms with E-state index in [2.05, 4.69) is 15.6 Å². The van der Waals surface area contributed by atoms with E-state index in [-0.39, 0.29) is 23.2 Å². The molecule has 0 aliphatic rings. The summed E-state index contributed by atoms with van der Waals surface area (Å²) >= 11 is 0. The van der Waals surface area contributed by atoms with Crippen LogP contribution in [0.1, 0.15) is 37.7 Å². The molecule has 0 aliphatic carbocycles. The second-order valence-corrected chi connectivity index (χ2v) is 6.56. The van der Waals surface area contributed by atoms with Gasteiger partial charge in [-0.05, 0) is 68.3 Å². The second-order valence-electron chi connectivity index (χ2n) is 6.56. The van der Waals surface area contributed by atoms with Gasteiger partial charge in [-0.3, -0.25) is 9.59 Å². The Hall–Kier alpha value is -3.47. The van der Waals surface area contributed by atoms with Crippen molar-refractivity contribution in [1.82, 2.24) is 4.98 Å². The number of nitrogens with one attached hydrogen (secondary N) is 2. The van der Waals surface area contributed by atoms with Crippen molar-refractivity contribution in [3.63, 3.8) is 0 Å². The summed E-state index contributed by atoms with van der Waals surface area (Å²) in [4.78, 5) is 29.1. The number of rotatable bonds is 4. The highest BCUT2D eigenvalue weighted by Gasteiger charge is 2.13. The van der Waals surface area contributed by atoms with E-state index in [0.717, 1.165) is 16.7 Å². The summed E-state index contributed by atoms with van der Waals surface area (Å²) in [5.74, 6) is -0.718. The van der Waals surface area contributed by atoms with Gasteiger partial charge < -0.3 is 10.6 Å². The maximum absolute atomic E-state index is 12.5. The van der Waals surface area contributed by atoms with Crippen LogP contribution in [-0.4, -0.2) is 16.8 Å². The smallest absolute Gasteiger partial charge is 0.274 e. The van der Waals surface area contributed by atoms with Crippen LogP contribution in [-0.2, 0) is 0 Å². The molecular weight excluding hydrogens is 338 g/mol. The monoisotopic (exact) mass is 359 g/mol. The highest BCUT2D eigenvalue weighted by molar-refractivity contribution is 6.06. The number of benzene rings is 2. The van der Waals surface area contributed by atoms with Crippen molar-refractivity contribution in [3.05, 3.63) is 88.7 Å². The van der Waals surface area contributed by atoms with E-state index < -0.39 is 0 Å². The second kappa shape index (κ2) is 7.83. The fourth-order valence-corrected chi connectivity index (χ4v) is 2.76. The Morgan fingerprint density at radius 1 is 0.667 bits per heavy atom. The van der Waals surface area contributed by atoms with Crippen molar-refractivity contribution in [1.29, 1.82) is 0 Å². The highest BCUT2D eigenvalue weighted by Crippen LogP contribution is 2.15. The standard InChI is InChI=1S/C22H21N3O2/c1-14-7-9-17(10-8-14)23-21(26)19-5-4-6-20(25-19)22(27)24-18-12-15(2)11-16(3)13-18/h4-13H,1-3H3,(H,23,26)(H,24,27). The molecule has 0 atom stereocenters. The maximum atomic E-state index is 12.5. The Morgan fingerprint density at radius 2 is 1.19 bits per heavy atom. The van der Waals surface area contributed by atoms with Crippen LogP contribution in [0.15, 0.2) is 60.7 Å². The van der Waals surface area contributed by atoms with Crippen LogP contribution in [0, 0.1) is 20.8 Å². The van der Waals surface area contributed by atoms with Gasteiger partial charge in [-0.1, -0.05) is 29.8 Å². The van der Waals surface area contributed by atoms with Crippen molar-refractivity contribution in [2.45, 2.75) is 20.8 Å². The van der Waals surface area contributed by atoms with Crippen molar-refractivity contribution in [3.8, 4) is 0 Å². The van der Waals surface area contributed by atoms with Crippen LogP contribution in [0.4, 0.5) is 11.4 Å². The summed E-state index contributed by atoms with van der Waals surface area (Å²) in [5.41, 5.74) is 4.98. The van der Waals surface area contributed by atoms with Crippen molar-refractivity contribution < 1.29 is 9.59 Å². The summed E-state index contributed by atoms with van der Waals surface area (Å²) in [6, 6.07) is 18.1. The molecule has 136 valence electrons. The summed E-state index contributed by atoms with van der Waals surface area (Å²) in [7, 11) is 0. The van der Waals surface area contributed by atoms with E-state index in [9.17, 15) is 9.59 Å². The molecule has 0 unspecified atom stereocenters. The number of amides is 2. The number of pyridine rings is 1. The third-order valence-corrected chi connectivity index (χ3v) is 4.00. The van der Waals surface area contributed by atoms with E-state index >= 15 is 0 Å². The molecule has 1 aromatic heterocycles. The van der Waals surface area contributed by atoms with Gasteiger partial charge in [0, 0.05) is 11.4 Å². The third kappa shape index (κ3) is 4.79. The van der Waals surface area contributed by atoms with Crippen LogP contribution in [0.3, 0.4) is 0 Å². The van der Waals surface area contributed by atoms with Crippen LogP contribution >= 0.6 is 0 Å². The van der Waals surface area contributed by atoms with Gasteiger partial charge in [0.05, 0.1) is 0 Å². The quantitative estimate of drug-likeness (QED) is 0.720. The van der Waals surface area contributed by atoms with E-state index in [1.807, 2.05) is 63.2 Å². The Labute approximate surface area is 158 Å². The lowest BCUT2D eigenvalue weighted by Gasteiger charge is -2.09. The first-order chi connectivity index (χ1) is 12.9. The first-order valence-electron chi connectivity index (χ1n) is 8.65. The molecule has 0 saturated carbocycles. The fraction of sp³-hybridized carbons (Fsp3) is 0.136. The summed E-state index contributed by atoms with van der Waals surface area (Å²) in [6.07, 6.45) is 0. The van der Waals surface area contributed by atoms with Gasteiger partial charge in [-0.15, -0.1) is 0 Å². The van der Waals surface area contributed by atoms with Crippen LogP contribution in [0.5, 0.6) is 0 Å². The van der Waals surface area contributed by atoms with Gasteiger partial charge in [0.15, 0.2) is 0 Å². The average molecular weight is 359 g/mol. The minimum Gasteiger partial charge on any atom is -0.321 e. The predicted octanol–water partition coefficient (Wildman–Crippen LogP) is 4.51. The zero-order valence-corrected chi connectivity index (χ0v) is 15.5. The first-order valence-corrected chi connectivity index (χ1v) is 8.65. The van der Waals surface area contributed by atoms with Gasteiger partial charge in [-0.2, -0.15) is 0 Å². The molecule has 1 heterocycles. The van der Waals surface area contributed by atoms with Crippen LogP contribution < -0.4 is 10.6 Å². The van der Waals surface area contributed by atoms with E-state index in [1.165, 1.54) is 0 Å². The molecule has 27 heavy (non-hydrogen) atoms. The molecule has 0 aliphatic heterocycles. The molecule has 0 spiro atoms. The molecule has 2 N–H and O–H groups in total. The Morgan fingerprint density at radius 3 is 1.74 bits per heavy atom. The Bertz CT molecular complexity index is 974. The van der Waals surface area contributed by atoms with Gasteiger partial charge >= 0.3 is 0 Å².